The number of rotatable bonds is 5. The molecule has 2 aromatic rings. The molecule has 21 heavy (non-hydrogen) atoms. The largest absolute Gasteiger partial charge is 0.508 e. The molecule has 0 fully saturated rings. The molecule has 2 aromatic carbocycles. The van der Waals surface area contributed by atoms with E-state index in [2.05, 4.69) is 6.58 Å². The van der Waals surface area contributed by atoms with E-state index in [4.69, 9.17) is 4.74 Å². The zero-order valence-corrected chi connectivity index (χ0v) is 12.0. The fourth-order valence-electron chi connectivity index (χ4n) is 2.17. The molecule has 0 amide bonds. The second-order valence-electron chi connectivity index (χ2n) is 4.84. The predicted molar refractivity (Wildman–Crippen MR) is 83.1 cm³/mol. The number of hydrogen-bond donors (Lipinski definition) is 1. The topological polar surface area (TPSA) is 46.5 Å². The number of carbonyl (C=O) groups excluding carboxylic acids is 1. The second-order valence-corrected chi connectivity index (χ2v) is 4.84. The molecule has 3 nitrogen and oxygen atoms in total. The van der Waals surface area contributed by atoms with Crippen LogP contribution in [0.5, 0.6) is 5.75 Å². The fourth-order valence-corrected chi connectivity index (χ4v) is 2.17. The molecular weight excluding hydrogens is 264 g/mol. The Morgan fingerprint density at radius 2 is 1.95 bits per heavy atom. The van der Waals surface area contributed by atoms with Crippen molar-refractivity contribution in [2.45, 2.75) is 13.3 Å². The van der Waals surface area contributed by atoms with Crippen LogP contribution in [0.25, 0.3) is 11.1 Å². The molecule has 0 atom stereocenters. The summed E-state index contributed by atoms with van der Waals surface area (Å²) in [7, 11) is 0. The number of ether oxygens (including phenoxy) is 1. The highest BCUT2D eigenvalue weighted by Gasteiger charge is 2.07. The van der Waals surface area contributed by atoms with Gasteiger partial charge in [-0.05, 0) is 41.3 Å². The first-order valence-electron chi connectivity index (χ1n) is 6.75. The summed E-state index contributed by atoms with van der Waals surface area (Å²) >= 11 is 0. The van der Waals surface area contributed by atoms with E-state index in [9.17, 15) is 9.90 Å². The third kappa shape index (κ3) is 3.96. The smallest absolute Gasteiger partial charge is 0.310 e. The van der Waals surface area contributed by atoms with Gasteiger partial charge < -0.3 is 9.84 Å². The summed E-state index contributed by atoms with van der Waals surface area (Å²) in [5.74, 6) is -0.00956. The van der Waals surface area contributed by atoms with Crippen molar-refractivity contribution < 1.29 is 14.6 Å². The van der Waals surface area contributed by atoms with E-state index in [1.165, 1.54) is 0 Å². The normalized spacial score (nSPS) is 10.1. The van der Waals surface area contributed by atoms with Crippen LogP contribution in [0.2, 0.25) is 0 Å². The summed E-state index contributed by atoms with van der Waals surface area (Å²) in [6.07, 6.45) is 1.81. The Morgan fingerprint density at radius 3 is 2.57 bits per heavy atom. The fraction of sp³-hybridized carbons (Fsp3) is 0.167. The third-order valence-electron chi connectivity index (χ3n) is 3.18. The zero-order chi connectivity index (χ0) is 15.2. The van der Waals surface area contributed by atoms with Gasteiger partial charge in [0.25, 0.3) is 0 Å². The summed E-state index contributed by atoms with van der Waals surface area (Å²) in [5, 5.41) is 9.33. The lowest BCUT2D eigenvalue weighted by Gasteiger charge is -2.09. The van der Waals surface area contributed by atoms with E-state index in [0.717, 1.165) is 22.3 Å². The predicted octanol–water partition coefficient (Wildman–Crippen LogP) is 3.64. The standard InChI is InChI=1S/C18H18O3/c1-3-10-21-18(20)12-14-4-9-17(13(2)11-14)15-5-7-16(19)8-6-15/h3-9,11,19H,1,10,12H2,2H3. The SMILES string of the molecule is C=CCOC(=O)Cc1ccc(-c2ccc(O)cc2)c(C)c1. The second kappa shape index (κ2) is 6.75. The number of aromatic hydroxyl groups is 1. The van der Waals surface area contributed by atoms with Crippen LogP contribution < -0.4 is 0 Å². The summed E-state index contributed by atoms with van der Waals surface area (Å²) in [4.78, 5) is 11.6. The van der Waals surface area contributed by atoms with Crippen molar-refractivity contribution in [1.82, 2.24) is 0 Å². The third-order valence-corrected chi connectivity index (χ3v) is 3.18. The molecule has 3 heteroatoms. The number of carbonyl (C=O) groups is 1. The maximum Gasteiger partial charge on any atom is 0.310 e. The first kappa shape index (κ1) is 14.9. The highest BCUT2D eigenvalue weighted by Crippen LogP contribution is 2.26. The molecule has 1 N–H and O–H groups in total. The lowest BCUT2D eigenvalue weighted by molar-refractivity contribution is -0.141. The van der Waals surface area contributed by atoms with E-state index in [0.29, 0.717) is 0 Å². The molecular formula is C18H18O3. The molecule has 0 saturated heterocycles. The number of hydrogen-bond acceptors (Lipinski definition) is 3. The summed E-state index contributed by atoms with van der Waals surface area (Å²) in [5.41, 5.74) is 4.11. The van der Waals surface area contributed by atoms with Crippen LogP contribution in [0.1, 0.15) is 11.1 Å². The Labute approximate surface area is 124 Å². The zero-order valence-electron chi connectivity index (χ0n) is 12.0. The maximum absolute atomic E-state index is 11.6. The molecule has 0 saturated carbocycles. The van der Waals surface area contributed by atoms with Crippen LogP contribution in [-0.4, -0.2) is 17.7 Å². The van der Waals surface area contributed by atoms with Gasteiger partial charge >= 0.3 is 5.97 Å². The van der Waals surface area contributed by atoms with Crippen LogP contribution in [-0.2, 0) is 16.0 Å². The van der Waals surface area contributed by atoms with Crippen LogP contribution >= 0.6 is 0 Å². The van der Waals surface area contributed by atoms with Crippen molar-refractivity contribution in [3.63, 3.8) is 0 Å². The van der Waals surface area contributed by atoms with Gasteiger partial charge in [0, 0.05) is 0 Å². The van der Waals surface area contributed by atoms with Crippen molar-refractivity contribution in [3.8, 4) is 16.9 Å². The van der Waals surface area contributed by atoms with Gasteiger partial charge in [0.1, 0.15) is 12.4 Å². The van der Waals surface area contributed by atoms with Gasteiger partial charge in [0.15, 0.2) is 0 Å². The quantitative estimate of drug-likeness (QED) is 0.672. The minimum atomic E-state index is -0.258. The average molecular weight is 282 g/mol. The van der Waals surface area contributed by atoms with Gasteiger partial charge in [-0.1, -0.05) is 43.0 Å². The van der Waals surface area contributed by atoms with Crippen LogP contribution in [0.15, 0.2) is 55.1 Å². The van der Waals surface area contributed by atoms with E-state index in [-0.39, 0.29) is 24.7 Å². The number of phenols is 1. The molecule has 0 aromatic heterocycles. The first-order valence-corrected chi connectivity index (χ1v) is 6.75. The summed E-state index contributed by atoms with van der Waals surface area (Å²) in [6.45, 7) is 5.75. The van der Waals surface area contributed by atoms with Gasteiger partial charge in [0.2, 0.25) is 0 Å². The maximum atomic E-state index is 11.6. The molecule has 108 valence electrons. The number of benzene rings is 2. The summed E-state index contributed by atoms with van der Waals surface area (Å²) in [6, 6.07) is 13.0. The Hall–Kier alpha value is -2.55. The summed E-state index contributed by atoms with van der Waals surface area (Å²) < 4.78 is 4.98. The van der Waals surface area contributed by atoms with Gasteiger partial charge in [-0.25, -0.2) is 0 Å². The molecule has 2 rings (SSSR count). The van der Waals surface area contributed by atoms with Crippen LogP contribution in [0.3, 0.4) is 0 Å². The average Bonchev–Trinajstić information content (AvgIpc) is 2.46. The highest BCUT2D eigenvalue weighted by molar-refractivity contribution is 5.74. The van der Waals surface area contributed by atoms with E-state index in [1.54, 1.807) is 18.2 Å². The number of phenolic OH excluding ortho intramolecular Hbond substituents is 1. The number of esters is 1. The molecule has 0 heterocycles. The molecule has 0 aliphatic rings. The molecule has 0 bridgehead atoms. The molecule has 0 aliphatic heterocycles. The van der Waals surface area contributed by atoms with Crippen molar-refractivity contribution in [3.05, 3.63) is 66.2 Å². The van der Waals surface area contributed by atoms with Gasteiger partial charge in [-0.15, -0.1) is 0 Å². The van der Waals surface area contributed by atoms with E-state index in [1.807, 2.05) is 37.3 Å². The van der Waals surface area contributed by atoms with Crippen molar-refractivity contribution >= 4 is 5.97 Å². The van der Waals surface area contributed by atoms with Crippen molar-refractivity contribution in [1.29, 1.82) is 0 Å². The van der Waals surface area contributed by atoms with Gasteiger partial charge in [-0.2, -0.15) is 0 Å². The highest BCUT2D eigenvalue weighted by atomic mass is 16.5. The molecule has 0 spiro atoms. The van der Waals surface area contributed by atoms with E-state index >= 15 is 0 Å². The Kier molecular flexibility index (Phi) is 4.77. The number of aryl methyl sites for hydroxylation is 1. The molecule has 0 radical (unpaired) electrons. The molecule has 0 unspecified atom stereocenters. The Bertz CT molecular complexity index is 642. The minimum absolute atomic E-state index is 0.239. The van der Waals surface area contributed by atoms with Crippen LogP contribution in [0, 0.1) is 6.92 Å². The van der Waals surface area contributed by atoms with Gasteiger partial charge in [-0.3, -0.25) is 4.79 Å². The van der Waals surface area contributed by atoms with Crippen molar-refractivity contribution in [2.24, 2.45) is 0 Å². The van der Waals surface area contributed by atoms with Gasteiger partial charge in [0.05, 0.1) is 6.42 Å². The minimum Gasteiger partial charge on any atom is -0.508 e. The van der Waals surface area contributed by atoms with Crippen LogP contribution in [0.4, 0.5) is 0 Å². The monoisotopic (exact) mass is 282 g/mol. The lowest BCUT2D eigenvalue weighted by atomic mass is 9.97. The molecule has 0 aliphatic carbocycles. The van der Waals surface area contributed by atoms with E-state index < -0.39 is 0 Å². The van der Waals surface area contributed by atoms with Crippen molar-refractivity contribution in [2.75, 3.05) is 6.61 Å². The Balaban J connectivity index is 2.15. The Morgan fingerprint density at radius 1 is 1.24 bits per heavy atom. The first-order chi connectivity index (χ1) is 10.1. The lowest BCUT2D eigenvalue weighted by Crippen LogP contribution is -2.08.